The van der Waals surface area contributed by atoms with Gasteiger partial charge in [0.25, 0.3) is 0 Å². The first kappa shape index (κ1) is 17.7. The molecule has 146 valence electrons. The van der Waals surface area contributed by atoms with Gasteiger partial charge in [-0.2, -0.15) is 0 Å². The summed E-state index contributed by atoms with van der Waals surface area (Å²) >= 11 is 0. The Morgan fingerprint density at radius 2 is 1.86 bits per heavy atom. The van der Waals surface area contributed by atoms with Crippen molar-refractivity contribution in [1.82, 2.24) is 4.90 Å². The lowest BCUT2D eigenvalue weighted by Gasteiger charge is -2.27. The van der Waals surface area contributed by atoms with Gasteiger partial charge in [0.1, 0.15) is 16.1 Å². The number of para-hydroxylation sites is 2. The van der Waals surface area contributed by atoms with E-state index in [1.54, 1.807) is 12.1 Å². The topological polar surface area (TPSA) is 74.0 Å². The Balaban J connectivity index is 1.40. The molecule has 7 heteroatoms. The summed E-state index contributed by atoms with van der Waals surface area (Å²) in [6, 6.07) is 18.8. The van der Waals surface area contributed by atoms with E-state index in [4.69, 9.17) is 4.42 Å². The van der Waals surface area contributed by atoms with Crippen LogP contribution >= 0.6 is 0 Å². The number of β-amino-alcohol motifs (C(OH)–C–C–N with tert-alkyl or cyclic N) is 1. The number of likely N-dealkylation sites (tertiary alicyclic amines) is 1. The van der Waals surface area contributed by atoms with Gasteiger partial charge in [-0.25, -0.2) is 8.42 Å². The van der Waals surface area contributed by atoms with Crippen molar-refractivity contribution in [3.05, 3.63) is 66.4 Å². The zero-order valence-electron chi connectivity index (χ0n) is 15.4. The molecule has 0 aliphatic carbocycles. The fourth-order valence-electron chi connectivity index (χ4n) is 4.49. The average molecular weight is 398 g/mol. The summed E-state index contributed by atoms with van der Waals surface area (Å²) in [5.74, 6) is 0.808. The standard InChI is InChI=1S/C21H22N2O4S/c24-20-14-23(17-7-2-1-3-8-17)28(25,26)21(20)10-11-22(15-21)13-18-12-16-6-4-5-9-19(16)27-18/h1-9,12,20,24H,10-11,13-15H2/t20-,21+/m0/s1. The molecule has 3 aromatic rings. The van der Waals surface area contributed by atoms with Gasteiger partial charge in [0.2, 0.25) is 10.0 Å². The summed E-state index contributed by atoms with van der Waals surface area (Å²) in [4.78, 5) is 2.06. The normalized spacial score (nSPS) is 27.2. The molecule has 0 radical (unpaired) electrons. The first-order valence-corrected chi connectivity index (χ1v) is 10.9. The van der Waals surface area contributed by atoms with Crippen molar-refractivity contribution in [2.75, 3.05) is 23.9 Å². The van der Waals surface area contributed by atoms with E-state index in [0.717, 1.165) is 16.7 Å². The molecule has 2 aromatic carbocycles. The molecule has 2 aliphatic rings. The van der Waals surface area contributed by atoms with E-state index >= 15 is 0 Å². The van der Waals surface area contributed by atoms with Gasteiger partial charge in [0.15, 0.2) is 0 Å². The Labute approximate surface area is 164 Å². The smallest absolute Gasteiger partial charge is 0.244 e. The molecule has 0 bridgehead atoms. The fourth-order valence-corrected chi connectivity index (χ4v) is 6.78. The van der Waals surface area contributed by atoms with Gasteiger partial charge in [-0.15, -0.1) is 0 Å². The van der Waals surface area contributed by atoms with Gasteiger partial charge in [0.05, 0.1) is 24.9 Å². The lowest BCUT2D eigenvalue weighted by atomic mass is 10.0. The molecule has 5 rings (SSSR count). The predicted molar refractivity (Wildman–Crippen MR) is 108 cm³/mol. The number of sulfonamides is 1. The molecule has 2 atom stereocenters. The molecule has 0 saturated carbocycles. The molecule has 2 fully saturated rings. The predicted octanol–water partition coefficient (Wildman–Crippen LogP) is 2.59. The van der Waals surface area contributed by atoms with Gasteiger partial charge in [-0.3, -0.25) is 9.21 Å². The molecule has 28 heavy (non-hydrogen) atoms. The van der Waals surface area contributed by atoms with E-state index in [0.29, 0.717) is 31.7 Å². The Morgan fingerprint density at radius 1 is 1.11 bits per heavy atom. The first-order valence-electron chi connectivity index (χ1n) is 9.45. The van der Waals surface area contributed by atoms with Crippen molar-refractivity contribution in [2.45, 2.75) is 23.8 Å². The largest absolute Gasteiger partial charge is 0.460 e. The van der Waals surface area contributed by atoms with Gasteiger partial charge >= 0.3 is 0 Å². The number of furan rings is 1. The Hall–Kier alpha value is -2.35. The highest BCUT2D eigenvalue weighted by molar-refractivity contribution is 7.94. The number of nitrogens with zero attached hydrogens (tertiary/aromatic N) is 2. The monoisotopic (exact) mass is 398 g/mol. The minimum Gasteiger partial charge on any atom is -0.460 e. The molecular formula is C21H22N2O4S. The van der Waals surface area contributed by atoms with Crippen LogP contribution < -0.4 is 4.31 Å². The van der Waals surface area contributed by atoms with Crippen LogP contribution in [0.1, 0.15) is 12.2 Å². The Morgan fingerprint density at radius 3 is 2.64 bits per heavy atom. The van der Waals surface area contributed by atoms with Gasteiger partial charge in [-0.05, 0) is 30.7 Å². The zero-order valence-corrected chi connectivity index (χ0v) is 16.2. The Kier molecular flexibility index (Phi) is 4.01. The Bertz CT molecular complexity index is 1080. The molecule has 6 nitrogen and oxygen atoms in total. The number of benzene rings is 2. The van der Waals surface area contributed by atoms with Crippen LogP contribution in [0.25, 0.3) is 11.0 Å². The number of hydrogen-bond donors (Lipinski definition) is 1. The molecule has 1 aromatic heterocycles. The molecule has 2 aliphatic heterocycles. The number of hydrogen-bond acceptors (Lipinski definition) is 5. The van der Waals surface area contributed by atoms with Crippen LogP contribution in [0.3, 0.4) is 0 Å². The summed E-state index contributed by atoms with van der Waals surface area (Å²) < 4.78 is 32.9. The molecular weight excluding hydrogens is 376 g/mol. The van der Waals surface area contributed by atoms with Crippen molar-refractivity contribution in [2.24, 2.45) is 0 Å². The van der Waals surface area contributed by atoms with Crippen molar-refractivity contribution in [3.8, 4) is 0 Å². The van der Waals surface area contributed by atoms with Crippen molar-refractivity contribution >= 4 is 26.7 Å². The number of rotatable bonds is 3. The second-order valence-corrected chi connectivity index (χ2v) is 9.87. The summed E-state index contributed by atoms with van der Waals surface area (Å²) in [7, 11) is -3.67. The van der Waals surface area contributed by atoms with Crippen LogP contribution in [0, 0.1) is 0 Å². The van der Waals surface area contributed by atoms with E-state index in [1.807, 2.05) is 48.5 Å². The van der Waals surface area contributed by atoms with Crippen molar-refractivity contribution < 1.29 is 17.9 Å². The molecule has 0 unspecified atom stereocenters. The van der Waals surface area contributed by atoms with Gasteiger partial charge < -0.3 is 9.52 Å². The number of fused-ring (bicyclic) bond motifs is 1. The van der Waals surface area contributed by atoms with E-state index < -0.39 is 20.9 Å². The molecule has 1 spiro atoms. The number of anilines is 1. The van der Waals surface area contributed by atoms with E-state index in [-0.39, 0.29) is 6.54 Å². The highest BCUT2D eigenvalue weighted by Gasteiger charge is 2.61. The van der Waals surface area contributed by atoms with Crippen LogP contribution in [0.4, 0.5) is 5.69 Å². The fraction of sp³-hybridized carbons (Fsp3) is 0.333. The van der Waals surface area contributed by atoms with Crippen LogP contribution in [-0.4, -0.2) is 48.9 Å². The van der Waals surface area contributed by atoms with E-state index in [2.05, 4.69) is 4.90 Å². The first-order chi connectivity index (χ1) is 13.5. The number of aliphatic hydroxyl groups excluding tert-OH is 1. The summed E-state index contributed by atoms with van der Waals surface area (Å²) in [5, 5.41) is 11.8. The molecule has 2 saturated heterocycles. The summed E-state index contributed by atoms with van der Waals surface area (Å²) in [5.41, 5.74) is 1.43. The van der Waals surface area contributed by atoms with Gasteiger partial charge in [0, 0.05) is 18.5 Å². The third-order valence-electron chi connectivity index (χ3n) is 5.99. The molecule has 1 N–H and O–H groups in total. The van der Waals surface area contributed by atoms with Crippen LogP contribution in [0.5, 0.6) is 0 Å². The quantitative estimate of drug-likeness (QED) is 0.734. The molecule has 0 amide bonds. The summed E-state index contributed by atoms with van der Waals surface area (Å²) in [6.07, 6.45) is -0.501. The maximum Gasteiger partial charge on any atom is 0.244 e. The second kappa shape index (κ2) is 6.34. The SMILES string of the molecule is O=S1(=O)N(c2ccccc2)C[C@H](O)[C@]12CCN(Cc1cc3ccccc3o1)C2. The maximum atomic E-state index is 13.4. The minimum absolute atomic E-state index is 0.102. The highest BCUT2D eigenvalue weighted by atomic mass is 32.2. The van der Waals surface area contributed by atoms with E-state index in [1.165, 1.54) is 4.31 Å². The number of aliphatic hydroxyl groups is 1. The highest BCUT2D eigenvalue weighted by Crippen LogP contribution is 2.43. The van der Waals surface area contributed by atoms with Crippen LogP contribution in [0.2, 0.25) is 0 Å². The lowest BCUT2D eigenvalue weighted by molar-refractivity contribution is 0.142. The van der Waals surface area contributed by atoms with E-state index in [9.17, 15) is 13.5 Å². The van der Waals surface area contributed by atoms with Gasteiger partial charge in [-0.1, -0.05) is 36.4 Å². The lowest BCUT2D eigenvalue weighted by Crippen LogP contribution is -2.47. The third-order valence-corrected chi connectivity index (χ3v) is 8.57. The van der Waals surface area contributed by atoms with Crippen LogP contribution in [-0.2, 0) is 16.6 Å². The maximum absolute atomic E-state index is 13.4. The molecule has 3 heterocycles. The third kappa shape index (κ3) is 2.57. The minimum atomic E-state index is -3.67. The summed E-state index contributed by atoms with van der Waals surface area (Å²) in [6.45, 7) is 1.54. The second-order valence-electron chi connectivity index (χ2n) is 7.66. The van der Waals surface area contributed by atoms with Crippen molar-refractivity contribution in [3.63, 3.8) is 0 Å². The average Bonchev–Trinajstić information content (AvgIpc) is 3.35. The van der Waals surface area contributed by atoms with Crippen molar-refractivity contribution in [1.29, 1.82) is 0 Å². The van der Waals surface area contributed by atoms with Crippen LogP contribution in [0.15, 0.2) is 65.1 Å². The zero-order chi connectivity index (χ0) is 19.4.